The van der Waals surface area contributed by atoms with Crippen molar-refractivity contribution in [2.75, 3.05) is 12.4 Å². The summed E-state index contributed by atoms with van der Waals surface area (Å²) >= 11 is 0. The molecule has 0 aliphatic heterocycles. The van der Waals surface area contributed by atoms with Crippen LogP contribution in [0.2, 0.25) is 0 Å². The zero-order valence-corrected chi connectivity index (χ0v) is 12.4. The minimum absolute atomic E-state index is 0.304. The number of benzene rings is 1. The molecule has 0 bridgehead atoms. The van der Waals surface area contributed by atoms with Gasteiger partial charge in [-0.1, -0.05) is 18.2 Å². The summed E-state index contributed by atoms with van der Waals surface area (Å²) in [4.78, 5) is 28.1. The Balaban J connectivity index is 1.99. The van der Waals surface area contributed by atoms with Crippen LogP contribution in [0.25, 0.3) is 0 Å². The van der Waals surface area contributed by atoms with Crippen molar-refractivity contribution < 1.29 is 14.3 Å². The van der Waals surface area contributed by atoms with Gasteiger partial charge >= 0.3 is 0 Å². The van der Waals surface area contributed by atoms with Gasteiger partial charge in [0.05, 0.1) is 7.11 Å². The maximum atomic E-state index is 12.1. The molecular formula is C16H17N3O3. The lowest BCUT2D eigenvalue weighted by Crippen LogP contribution is -2.41. The average Bonchev–Trinajstić information content (AvgIpc) is 2.56. The van der Waals surface area contributed by atoms with Gasteiger partial charge in [0.2, 0.25) is 11.8 Å². The third-order valence-corrected chi connectivity index (χ3v) is 3.00. The lowest BCUT2D eigenvalue weighted by molar-refractivity contribution is -0.117. The predicted octanol–water partition coefficient (Wildman–Crippen LogP) is 1.85. The van der Waals surface area contributed by atoms with Gasteiger partial charge in [0.25, 0.3) is 5.91 Å². The maximum Gasteiger partial charge on any atom is 0.251 e. The van der Waals surface area contributed by atoms with Crippen LogP contribution in [0, 0.1) is 0 Å². The summed E-state index contributed by atoms with van der Waals surface area (Å²) in [7, 11) is 1.47. The molecule has 0 aliphatic carbocycles. The Morgan fingerprint density at radius 1 is 1.14 bits per heavy atom. The highest BCUT2D eigenvalue weighted by atomic mass is 16.5. The largest absolute Gasteiger partial charge is 0.480 e. The minimum Gasteiger partial charge on any atom is -0.480 e. The number of nitrogens with one attached hydrogen (secondary N) is 2. The lowest BCUT2D eigenvalue weighted by atomic mass is 10.2. The molecule has 0 aliphatic rings. The van der Waals surface area contributed by atoms with Gasteiger partial charge < -0.3 is 15.4 Å². The van der Waals surface area contributed by atoms with E-state index in [9.17, 15) is 9.59 Å². The number of aromatic nitrogens is 1. The SMILES string of the molecule is COc1ncccc1NC(=O)C(C)NC(=O)c1ccccc1. The van der Waals surface area contributed by atoms with Gasteiger partial charge in [0.15, 0.2) is 0 Å². The molecule has 22 heavy (non-hydrogen) atoms. The third-order valence-electron chi connectivity index (χ3n) is 3.00. The first kappa shape index (κ1) is 15.5. The number of carbonyl (C=O) groups is 2. The van der Waals surface area contributed by atoms with Crippen molar-refractivity contribution in [3.63, 3.8) is 0 Å². The molecule has 2 aromatic rings. The number of hydrogen-bond acceptors (Lipinski definition) is 4. The Bertz CT molecular complexity index is 659. The molecule has 0 fully saturated rings. The van der Waals surface area contributed by atoms with E-state index in [4.69, 9.17) is 4.74 Å². The van der Waals surface area contributed by atoms with E-state index in [0.29, 0.717) is 17.1 Å². The highest BCUT2D eigenvalue weighted by Crippen LogP contribution is 2.19. The number of carbonyl (C=O) groups excluding carboxylic acids is 2. The van der Waals surface area contributed by atoms with Crippen molar-refractivity contribution in [2.45, 2.75) is 13.0 Å². The van der Waals surface area contributed by atoms with Gasteiger partial charge in [-0.2, -0.15) is 0 Å². The van der Waals surface area contributed by atoms with Crippen molar-refractivity contribution in [2.24, 2.45) is 0 Å². The molecule has 1 atom stereocenters. The number of pyridine rings is 1. The van der Waals surface area contributed by atoms with Crippen molar-refractivity contribution in [1.29, 1.82) is 0 Å². The zero-order valence-electron chi connectivity index (χ0n) is 12.4. The smallest absolute Gasteiger partial charge is 0.251 e. The van der Waals surface area contributed by atoms with E-state index in [1.54, 1.807) is 49.5 Å². The van der Waals surface area contributed by atoms with Crippen molar-refractivity contribution in [3.05, 3.63) is 54.2 Å². The molecule has 114 valence electrons. The third kappa shape index (κ3) is 3.82. The monoisotopic (exact) mass is 299 g/mol. The first-order chi connectivity index (χ1) is 10.6. The Morgan fingerprint density at radius 2 is 1.86 bits per heavy atom. The van der Waals surface area contributed by atoms with Gasteiger partial charge in [-0.3, -0.25) is 9.59 Å². The number of nitrogens with zero attached hydrogens (tertiary/aromatic N) is 1. The van der Waals surface area contributed by atoms with E-state index in [1.807, 2.05) is 6.07 Å². The summed E-state index contributed by atoms with van der Waals surface area (Å²) in [5.74, 6) is -0.339. The molecule has 1 aromatic carbocycles. The Labute approximate surface area is 128 Å². The Kier molecular flexibility index (Phi) is 5.08. The number of methoxy groups -OCH3 is 1. The number of ether oxygens (including phenoxy) is 1. The molecule has 0 radical (unpaired) electrons. The number of rotatable bonds is 5. The van der Waals surface area contributed by atoms with Crippen molar-refractivity contribution in [3.8, 4) is 5.88 Å². The molecule has 6 nitrogen and oxygen atoms in total. The second kappa shape index (κ2) is 7.21. The van der Waals surface area contributed by atoms with Crippen LogP contribution < -0.4 is 15.4 Å². The van der Waals surface area contributed by atoms with Gasteiger partial charge in [0, 0.05) is 11.8 Å². The van der Waals surface area contributed by atoms with E-state index in [0.717, 1.165) is 0 Å². The Hall–Kier alpha value is -2.89. The maximum absolute atomic E-state index is 12.1. The number of anilines is 1. The molecular weight excluding hydrogens is 282 g/mol. The van der Waals surface area contributed by atoms with Crippen LogP contribution in [0.3, 0.4) is 0 Å². The van der Waals surface area contributed by atoms with E-state index in [2.05, 4.69) is 15.6 Å². The van der Waals surface area contributed by atoms with E-state index < -0.39 is 6.04 Å². The van der Waals surface area contributed by atoms with Crippen LogP contribution in [0.5, 0.6) is 5.88 Å². The predicted molar refractivity (Wildman–Crippen MR) is 82.8 cm³/mol. The number of hydrogen-bond donors (Lipinski definition) is 2. The van der Waals surface area contributed by atoms with E-state index in [-0.39, 0.29) is 11.8 Å². The Morgan fingerprint density at radius 3 is 2.55 bits per heavy atom. The summed E-state index contributed by atoms with van der Waals surface area (Å²) in [6.07, 6.45) is 1.56. The standard InChI is InChI=1S/C16H17N3O3/c1-11(18-15(21)12-7-4-3-5-8-12)14(20)19-13-9-6-10-17-16(13)22-2/h3-11H,1-2H3,(H,18,21)(H,19,20). The van der Waals surface area contributed by atoms with E-state index >= 15 is 0 Å². The van der Waals surface area contributed by atoms with Crippen LogP contribution in [-0.4, -0.2) is 29.9 Å². The molecule has 2 amide bonds. The van der Waals surface area contributed by atoms with Crippen LogP contribution in [0.1, 0.15) is 17.3 Å². The molecule has 1 unspecified atom stereocenters. The molecule has 0 saturated heterocycles. The first-order valence-corrected chi connectivity index (χ1v) is 6.77. The van der Waals surface area contributed by atoms with Gasteiger partial charge in [0.1, 0.15) is 11.7 Å². The molecule has 1 heterocycles. The van der Waals surface area contributed by atoms with Gasteiger partial charge in [-0.25, -0.2) is 4.98 Å². The summed E-state index contributed by atoms with van der Waals surface area (Å²) in [5.41, 5.74) is 0.955. The fraction of sp³-hybridized carbons (Fsp3) is 0.188. The summed E-state index contributed by atoms with van der Waals surface area (Å²) in [6.45, 7) is 1.61. The second-order valence-electron chi connectivity index (χ2n) is 4.61. The topological polar surface area (TPSA) is 80.3 Å². The van der Waals surface area contributed by atoms with Crippen LogP contribution in [-0.2, 0) is 4.79 Å². The molecule has 6 heteroatoms. The first-order valence-electron chi connectivity index (χ1n) is 6.77. The van der Waals surface area contributed by atoms with Gasteiger partial charge in [-0.15, -0.1) is 0 Å². The highest BCUT2D eigenvalue weighted by molar-refractivity contribution is 6.01. The molecule has 2 rings (SSSR count). The quantitative estimate of drug-likeness (QED) is 0.883. The van der Waals surface area contributed by atoms with E-state index in [1.165, 1.54) is 7.11 Å². The molecule has 2 N–H and O–H groups in total. The summed E-state index contributed by atoms with van der Waals surface area (Å²) in [6, 6.07) is 11.4. The average molecular weight is 299 g/mol. The summed E-state index contributed by atoms with van der Waals surface area (Å²) < 4.78 is 5.06. The molecule has 0 spiro atoms. The van der Waals surface area contributed by atoms with Crippen LogP contribution in [0.4, 0.5) is 5.69 Å². The van der Waals surface area contributed by atoms with Crippen LogP contribution in [0.15, 0.2) is 48.7 Å². The van der Waals surface area contributed by atoms with Crippen LogP contribution >= 0.6 is 0 Å². The second-order valence-corrected chi connectivity index (χ2v) is 4.61. The fourth-order valence-corrected chi connectivity index (χ4v) is 1.82. The fourth-order valence-electron chi connectivity index (χ4n) is 1.82. The lowest BCUT2D eigenvalue weighted by Gasteiger charge is -2.15. The summed E-state index contributed by atoms with van der Waals surface area (Å²) in [5, 5.41) is 5.32. The number of amides is 2. The molecule has 0 saturated carbocycles. The van der Waals surface area contributed by atoms with Crippen molar-refractivity contribution >= 4 is 17.5 Å². The zero-order chi connectivity index (χ0) is 15.9. The highest BCUT2D eigenvalue weighted by Gasteiger charge is 2.18. The minimum atomic E-state index is -0.697. The van der Waals surface area contributed by atoms with Crippen molar-refractivity contribution in [1.82, 2.24) is 10.3 Å². The van der Waals surface area contributed by atoms with Gasteiger partial charge in [-0.05, 0) is 31.2 Å². The molecule has 1 aromatic heterocycles. The normalized spacial score (nSPS) is 11.4.